The van der Waals surface area contributed by atoms with Crippen LogP contribution in [0.25, 0.3) is 5.76 Å². The van der Waals surface area contributed by atoms with Crippen LogP contribution in [-0.2, 0) is 16.0 Å². The molecule has 4 rings (SSSR count). The van der Waals surface area contributed by atoms with Crippen LogP contribution in [0.3, 0.4) is 0 Å². The van der Waals surface area contributed by atoms with Crippen LogP contribution in [0.1, 0.15) is 35.6 Å². The van der Waals surface area contributed by atoms with Crippen molar-refractivity contribution < 1.29 is 23.8 Å². The third kappa shape index (κ3) is 3.50. The first-order chi connectivity index (χ1) is 14.3. The number of ether oxygens (including phenoxy) is 1. The number of aryl methyl sites for hydroxylation is 1. The number of likely N-dealkylation sites (tertiary alicyclic amines) is 1. The first kappa shape index (κ1) is 20.2. The van der Waals surface area contributed by atoms with Gasteiger partial charge in [-0.2, -0.15) is 0 Å². The van der Waals surface area contributed by atoms with Crippen molar-refractivity contribution in [3.8, 4) is 5.75 Å². The predicted molar refractivity (Wildman–Crippen MR) is 111 cm³/mol. The summed E-state index contributed by atoms with van der Waals surface area (Å²) in [7, 11) is 3.80. The van der Waals surface area contributed by atoms with Gasteiger partial charge < -0.3 is 24.1 Å². The van der Waals surface area contributed by atoms with E-state index in [2.05, 4.69) is 0 Å². The molecule has 7 heteroatoms. The number of aliphatic hydroxyl groups excluding tert-OH is 1. The second-order valence-electron chi connectivity index (χ2n) is 8.20. The minimum atomic E-state index is -0.762. The summed E-state index contributed by atoms with van der Waals surface area (Å²) in [5, 5.41) is 11.1. The Balaban J connectivity index is 1.80. The Morgan fingerprint density at radius 3 is 2.67 bits per heavy atom. The number of benzene rings is 1. The number of hydrogen-bond acceptors (Lipinski definition) is 6. The third-order valence-electron chi connectivity index (χ3n) is 5.53. The summed E-state index contributed by atoms with van der Waals surface area (Å²) in [4.78, 5) is 29.2. The van der Waals surface area contributed by atoms with E-state index in [1.54, 1.807) is 31.2 Å². The van der Waals surface area contributed by atoms with Gasteiger partial charge in [0.25, 0.3) is 11.7 Å². The zero-order valence-electron chi connectivity index (χ0n) is 17.6. The lowest BCUT2D eigenvalue weighted by Gasteiger charge is -2.24. The van der Waals surface area contributed by atoms with E-state index in [0.29, 0.717) is 30.2 Å². The fraction of sp³-hybridized carbons (Fsp3) is 0.391. The first-order valence-electron chi connectivity index (χ1n) is 10.1. The number of carbonyl (C=O) groups is 2. The van der Waals surface area contributed by atoms with Gasteiger partial charge >= 0.3 is 0 Å². The van der Waals surface area contributed by atoms with Crippen LogP contribution in [0.5, 0.6) is 5.75 Å². The van der Waals surface area contributed by atoms with E-state index in [1.807, 2.05) is 32.0 Å². The average molecular weight is 410 g/mol. The summed E-state index contributed by atoms with van der Waals surface area (Å²) in [6, 6.07) is 8.11. The maximum Gasteiger partial charge on any atom is 0.295 e. The van der Waals surface area contributed by atoms with Gasteiger partial charge in [0.15, 0.2) is 0 Å². The van der Waals surface area contributed by atoms with Crippen molar-refractivity contribution in [3.63, 3.8) is 0 Å². The molecule has 0 aliphatic carbocycles. The largest absolute Gasteiger partial charge is 0.507 e. The summed E-state index contributed by atoms with van der Waals surface area (Å²) in [6.45, 7) is 4.71. The van der Waals surface area contributed by atoms with Crippen LogP contribution in [0, 0.1) is 6.92 Å². The van der Waals surface area contributed by atoms with Gasteiger partial charge in [-0.1, -0.05) is 0 Å². The minimum absolute atomic E-state index is 0.0556. The van der Waals surface area contributed by atoms with Crippen molar-refractivity contribution in [2.45, 2.75) is 32.4 Å². The number of furan rings is 1. The van der Waals surface area contributed by atoms with Crippen LogP contribution in [0.15, 0.2) is 40.3 Å². The molecule has 7 nitrogen and oxygen atoms in total. The number of likely N-dealkylation sites (N-methyl/N-ethyl adjacent to an activating group) is 1. The first-order valence-corrected chi connectivity index (χ1v) is 10.1. The minimum Gasteiger partial charge on any atom is -0.507 e. The highest BCUT2D eigenvalue weighted by Crippen LogP contribution is 2.40. The monoisotopic (exact) mass is 410 g/mol. The molecular weight excluding hydrogens is 384 g/mol. The molecule has 0 saturated carbocycles. The molecule has 3 heterocycles. The van der Waals surface area contributed by atoms with Crippen molar-refractivity contribution in [2.24, 2.45) is 0 Å². The molecule has 30 heavy (non-hydrogen) atoms. The molecule has 1 aromatic carbocycles. The smallest absolute Gasteiger partial charge is 0.295 e. The van der Waals surface area contributed by atoms with Gasteiger partial charge in [0, 0.05) is 25.1 Å². The fourth-order valence-electron chi connectivity index (χ4n) is 4.04. The van der Waals surface area contributed by atoms with E-state index in [-0.39, 0.29) is 17.4 Å². The second kappa shape index (κ2) is 7.65. The van der Waals surface area contributed by atoms with Gasteiger partial charge in [-0.05, 0) is 63.8 Å². The highest BCUT2D eigenvalue weighted by molar-refractivity contribution is 6.46. The second-order valence-corrected chi connectivity index (χ2v) is 8.20. The molecule has 2 aliphatic rings. The van der Waals surface area contributed by atoms with Gasteiger partial charge in [0.2, 0.25) is 0 Å². The molecule has 1 saturated heterocycles. The van der Waals surface area contributed by atoms with Crippen molar-refractivity contribution in [1.29, 1.82) is 0 Å². The van der Waals surface area contributed by atoms with Crippen LogP contribution in [-0.4, -0.2) is 59.9 Å². The van der Waals surface area contributed by atoms with Gasteiger partial charge in [-0.25, -0.2) is 0 Å². The van der Waals surface area contributed by atoms with Crippen molar-refractivity contribution >= 4 is 17.4 Å². The lowest BCUT2D eigenvalue weighted by Crippen LogP contribution is -2.35. The summed E-state index contributed by atoms with van der Waals surface area (Å²) in [5.74, 6) is 0.397. The molecule has 1 amide bonds. The molecule has 158 valence electrons. The zero-order valence-corrected chi connectivity index (χ0v) is 17.6. The van der Waals surface area contributed by atoms with Gasteiger partial charge in [-0.15, -0.1) is 0 Å². The van der Waals surface area contributed by atoms with Crippen molar-refractivity contribution in [3.05, 3.63) is 58.6 Å². The van der Waals surface area contributed by atoms with Crippen molar-refractivity contribution in [2.75, 3.05) is 27.2 Å². The molecule has 1 aromatic heterocycles. The lowest BCUT2D eigenvalue weighted by molar-refractivity contribution is -0.140. The van der Waals surface area contributed by atoms with E-state index in [1.165, 1.54) is 4.90 Å². The summed E-state index contributed by atoms with van der Waals surface area (Å²) in [5.41, 5.74) is 1.52. The maximum atomic E-state index is 13.0. The van der Waals surface area contributed by atoms with Crippen LogP contribution >= 0.6 is 0 Å². The quantitative estimate of drug-likeness (QED) is 0.464. The molecule has 0 radical (unpaired) electrons. The molecule has 1 fully saturated rings. The topological polar surface area (TPSA) is 83.2 Å². The standard InChI is InChI=1S/C23H26N2O5/c1-13-5-7-18(29-13)20-19(22(27)23(28)25(20)10-9-24(3)4)21(26)15-6-8-17-16(12-15)11-14(2)30-17/h5-8,12,14,20,26H,9-11H2,1-4H3/t14-,20+/m0/s1. The molecule has 2 aromatic rings. The normalized spacial score (nSPS) is 22.6. The summed E-state index contributed by atoms with van der Waals surface area (Å²) < 4.78 is 11.5. The number of ketones is 1. The summed E-state index contributed by atoms with van der Waals surface area (Å²) in [6.07, 6.45) is 0.800. The highest BCUT2D eigenvalue weighted by Gasteiger charge is 2.47. The molecule has 2 atom stereocenters. The van der Waals surface area contributed by atoms with Crippen LogP contribution < -0.4 is 4.74 Å². The number of carbonyl (C=O) groups excluding carboxylic acids is 2. The number of fused-ring (bicyclic) bond motifs is 1. The number of hydrogen-bond donors (Lipinski definition) is 1. The van der Waals surface area contributed by atoms with E-state index >= 15 is 0 Å². The number of aliphatic hydroxyl groups is 1. The Morgan fingerprint density at radius 1 is 1.23 bits per heavy atom. The maximum absolute atomic E-state index is 13.0. The number of rotatable bonds is 5. The summed E-state index contributed by atoms with van der Waals surface area (Å²) >= 11 is 0. The highest BCUT2D eigenvalue weighted by atomic mass is 16.5. The predicted octanol–water partition coefficient (Wildman–Crippen LogP) is 2.89. The Kier molecular flexibility index (Phi) is 5.15. The van der Waals surface area contributed by atoms with E-state index < -0.39 is 17.7 Å². The molecule has 2 aliphatic heterocycles. The van der Waals surface area contributed by atoms with E-state index in [9.17, 15) is 14.7 Å². The molecule has 0 spiro atoms. The Bertz CT molecular complexity index is 1040. The Morgan fingerprint density at radius 2 is 2.00 bits per heavy atom. The number of amides is 1. The number of nitrogens with zero attached hydrogens (tertiary/aromatic N) is 2. The average Bonchev–Trinajstić information content (AvgIpc) is 3.35. The zero-order chi connectivity index (χ0) is 21.6. The van der Waals surface area contributed by atoms with E-state index in [0.717, 1.165) is 17.7 Å². The lowest BCUT2D eigenvalue weighted by atomic mass is 9.97. The molecule has 0 bridgehead atoms. The van der Waals surface area contributed by atoms with Crippen molar-refractivity contribution in [1.82, 2.24) is 9.80 Å². The van der Waals surface area contributed by atoms with E-state index in [4.69, 9.17) is 9.15 Å². The SMILES string of the molecule is Cc1ccc([C@@H]2C(=C(O)c3ccc4c(c3)C[C@H](C)O4)C(=O)C(=O)N2CCN(C)C)o1. The molecule has 1 N–H and O–H groups in total. The Labute approximate surface area is 175 Å². The third-order valence-corrected chi connectivity index (χ3v) is 5.53. The van der Waals surface area contributed by atoms with Gasteiger partial charge in [0.1, 0.15) is 35.2 Å². The van der Waals surface area contributed by atoms with Crippen LogP contribution in [0.4, 0.5) is 0 Å². The Hall–Kier alpha value is -3.06. The fourth-order valence-corrected chi connectivity index (χ4v) is 4.04. The number of Topliss-reactive ketones (excluding diaryl/α,β-unsaturated/α-hetero) is 1. The van der Waals surface area contributed by atoms with Gasteiger partial charge in [0.05, 0.1) is 5.57 Å². The van der Waals surface area contributed by atoms with Gasteiger partial charge in [-0.3, -0.25) is 9.59 Å². The van der Waals surface area contributed by atoms with Crippen LogP contribution in [0.2, 0.25) is 0 Å². The molecular formula is C23H26N2O5. The molecule has 0 unspecified atom stereocenters.